The lowest BCUT2D eigenvalue weighted by atomic mass is 10.0. The van der Waals surface area contributed by atoms with E-state index in [1.807, 2.05) is 55.5 Å². The molecule has 0 saturated carbocycles. The molecule has 0 aliphatic carbocycles. The third kappa shape index (κ3) is 7.73. The van der Waals surface area contributed by atoms with Gasteiger partial charge >= 0.3 is 6.09 Å². The van der Waals surface area contributed by atoms with E-state index in [-0.39, 0.29) is 18.2 Å². The lowest BCUT2D eigenvalue weighted by molar-refractivity contribution is 0.0442. The first-order valence-corrected chi connectivity index (χ1v) is 13.1. The first kappa shape index (κ1) is 26.6. The van der Waals surface area contributed by atoms with Gasteiger partial charge in [-0.1, -0.05) is 60.7 Å². The van der Waals surface area contributed by atoms with Crippen molar-refractivity contribution in [1.82, 2.24) is 4.90 Å². The number of aryl methyl sites for hydroxylation is 2. The van der Waals surface area contributed by atoms with Gasteiger partial charge in [-0.2, -0.15) is 0 Å². The number of carbonyl (C=O) groups is 1. The largest absolute Gasteiger partial charge is 0.497 e. The molecule has 3 aromatic rings. The van der Waals surface area contributed by atoms with Crippen molar-refractivity contribution in [3.05, 3.63) is 95.6 Å². The minimum atomic E-state index is -0.281. The van der Waals surface area contributed by atoms with E-state index in [4.69, 9.17) is 18.9 Å². The molecule has 3 aromatic carbocycles. The molecule has 0 unspecified atom stereocenters. The van der Waals surface area contributed by atoms with Crippen LogP contribution in [0.3, 0.4) is 0 Å². The van der Waals surface area contributed by atoms with Gasteiger partial charge < -0.3 is 23.8 Å². The quantitative estimate of drug-likeness (QED) is 0.300. The average molecular weight is 504 g/mol. The molecular weight excluding hydrogens is 466 g/mol. The van der Waals surface area contributed by atoms with Gasteiger partial charge in [-0.15, -0.1) is 0 Å². The predicted molar refractivity (Wildman–Crippen MR) is 144 cm³/mol. The first-order valence-electron chi connectivity index (χ1n) is 13.1. The molecule has 2 atom stereocenters. The van der Waals surface area contributed by atoms with Gasteiger partial charge in [0, 0.05) is 12.5 Å². The first-order chi connectivity index (χ1) is 18.2. The van der Waals surface area contributed by atoms with E-state index in [0.29, 0.717) is 32.8 Å². The predicted octanol–water partition coefficient (Wildman–Crippen LogP) is 6.07. The third-order valence-electron chi connectivity index (χ3n) is 6.71. The minimum Gasteiger partial charge on any atom is -0.497 e. The number of ether oxygens (including phenoxy) is 4. The number of hydrogen-bond acceptors (Lipinski definition) is 5. The summed E-state index contributed by atoms with van der Waals surface area (Å²) in [7, 11) is 1.69. The van der Waals surface area contributed by atoms with Crippen molar-refractivity contribution in [3.8, 4) is 11.5 Å². The second-order valence-corrected chi connectivity index (χ2v) is 9.26. The Labute approximate surface area is 220 Å². The number of amides is 1. The number of methoxy groups -OCH3 is 1. The van der Waals surface area contributed by atoms with Crippen LogP contribution in [0.2, 0.25) is 0 Å². The highest BCUT2D eigenvalue weighted by atomic mass is 16.6. The Morgan fingerprint density at radius 3 is 2.54 bits per heavy atom. The zero-order valence-corrected chi connectivity index (χ0v) is 21.8. The van der Waals surface area contributed by atoms with Crippen molar-refractivity contribution in [2.75, 3.05) is 26.9 Å². The van der Waals surface area contributed by atoms with Crippen molar-refractivity contribution in [3.63, 3.8) is 0 Å². The van der Waals surface area contributed by atoms with Crippen LogP contribution in [-0.2, 0) is 28.9 Å². The van der Waals surface area contributed by atoms with Crippen molar-refractivity contribution < 1.29 is 23.7 Å². The lowest BCUT2D eigenvalue weighted by Gasteiger charge is -2.23. The summed E-state index contributed by atoms with van der Waals surface area (Å²) in [6.07, 6.45) is 2.96. The molecule has 37 heavy (non-hydrogen) atoms. The van der Waals surface area contributed by atoms with Crippen LogP contribution in [0.25, 0.3) is 0 Å². The molecule has 0 bridgehead atoms. The Balaban J connectivity index is 1.32. The minimum absolute atomic E-state index is 0.0174. The van der Waals surface area contributed by atoms with Crippen molar-refractivity contribution in [2.24, 2.45) is 0 Å². The van der Waals surface area contributed by atoms with E-state index in [9.17, 15) is 4.79 Å². The fourth-order valence-electron chi connectivity index (χ4n) is 4.75. The molecule has 1 amide bonds. The maximum atomic E-state index is 12.6. The fourth-order valence-corrected chi connectivity index (χ4v) is 4.75. The molecule has 1 aliphatic heterocycles. The van der Waals surface area contributed by atoms with Crippen molar-refractivity contribution in [1.29, 1.82) is 0 Å². The van der Waals surface area contributed by atoms with E-state index >= 15 is 0 Å². The van der Waals surface area contributed by atoms with E-state index in [2.05, 4.69) is 30.3 Å². The summed E-state index contributed by atoms with van der Waals surface area (Å²) in [5.74, 6) is 1.76. The van der Waals surface area contributed by atoms with Gasteiger partial charge in [-0.05, 0) is 61.1 Å². The summed E-state index contributed by atoms with van der Waals surface area (Å²) in [5, 5.41) is 0. The summed E-state index contributed by atoms with van der Waals surface area (Å²) in [6.45, 7) is 3.77. The number of para-hydroxylation sites is 1. The second kappa shape index (κ2) is 13.7. The van der Waals surface area contributed by atoms with E-state index in [0.717, 1.165) is 36.3 Å². The van der Waals surface area contributed by atoms with Crippen LogP contribution < -0.4 is 9.47 Å². The van der Waals surface area contributed by atoms with Gasteiger partial charge in [0.2, 0.25) is 0 Å². The summed E-state index contributed by atoms with van der Waals surface area (Å²) in [6, 6.07) is 26.5. The molecule has 1 aliphatic rings. The number of likely N-dealkylation sites (tertiary alicyclic amines) is 1. The van der Waals surface area contributed by atoms with Crippen molar-refractivity contribution >= 4 is 6.09 Å². The lowest BCUT2D eigenvalue weighted by Crippen LogP contribution is -2.37. The fraction of sp³-hybridized carbons (Fsp3) is 0.387. The smallest absolute Gasteiger partial charge is 0.410 e. The SMILES string of the molecule is CCOC(=O)N1C[C@H](OCc2ccccc2)C[C@@H]1CCOc1ccccc1CCc1cccc(OC)c1. The number of rotatable bonds is 12. The highest BCUT2D eigenvalue weighted by molar-refractivity contribution is 5.68. The van der Waals surface area contributed by atoms with Crippen molar-refractivity contribution in [2.45, 2.75) is 51.4 Å². The molecule has 1 heterocycles. The van der Waals surface area contributed by atoms with Gasteiger partial charge in [0.25, 0.3) is 0 Å². The van der Waals surface area contributed by atoms with Gasteiger partial charge in [-0.25, -0.2) is 4.79 Å². The van der Waals surface area contributed by atoms with Crippen LogP contribution in [0.1, 0.15) is 36.5 Å². The molecule has 6 nitrogen and oxygen atoms in total. The summed E-state index contributed by atoms with van der Waals surface area (Å²) < 4.78 is 23.1. The normalized spacial score (nSPS) is 17.0. The number of nitrogens with zero attached hydrogens (tertiary/aromatic N) is 1. The summed E-state index contributed by atoms with van der Waals surface area (Å²) in [4.78, 5) is 14.4. The molecular formula is C31H37NO5. The molecule has 0 spiro atoms. The molecule has 1 saturated heterocycles. The molecule has 196 valence electrons. The topological polar surface area (TPSA) is 57.2 Å². The Bertz CT molecular complexity index is 1120. The number of hydrogen-bond donors (Lipinski definition) is 0. The van der Waals surface area contributed by atoms with E-state index in [1.54, 1.807) is 12.0 Å². The Morgan fingerprint density at radius 1 is 0.946 bits per heavy atom. The number of benzene rings is 3. The average Bonchev–Trinajstić information content (AvgIpc) is 3.35. The highest BCUT2D eigenvalue weighted by Gasteiger charge is 2.36. The van der Waals surface area contributed by atoms with Crippen LogP contribution in [0.15, 0.2) is 78.9 Å². The van der Waals surface area contributed by atoms with Gasteiger partial charge in [0.05, 0.1) is 39.6 Å². The molecule has 6 heteroatoms. The van der Waals surface area contributed by atoms with Crippen LogP contribution in [0.4, 0.5) is 4.79 Å². The summed E-state index contributed by atoms with van der Waals surface area (Å²) in [5.41, 5.74) is 3.53. The Morgan fingerprint density at radius 2 is 1.73 bits per heavy atom. The molecule has 4 rings (SSSR count). The van der Waals surface area contributed by atoms with Crippen LogP contribution >= 0.6 is 0 Å². The molecule has 0 aromatic heterocycles. The maximum Gasteiger partial charge on any atom is 0.410 e. The van der Waals surface area contributed by atoms with Gasteiger partial charge in [0.1, 0.15) is 11.5 Å². The maximum absolute atomic E-state index is 12.6. The summed E-state index contributed by atoms with van der Waals surface area (Å²) >= 11 is 0. The standard InChI is InChI=1S/C31H37NO5/c1-3-35-31(33)32-22-29(37-23-25-10-5-4-6-11-25)21-27(32)18-19-36-30-15-8-7-13-26(30)17-16-24-12-9-14-28(20-24)34-2/h4-15,20,27,29H,3,16-19,21-23H2,1-2H3/t27-,29+/m0/s1. The molecule has 1 fully saturated rings. The second-order valence-electron chi connectivity index (χ2n) is 9.26. The van der Waals surface area contributed by atoms with E-state index in [1.165, 1.54) is 11.1 Å². The third-order valence-corrected chi connectivity index (χ3v) is 6.71. The Kier molecular flexibility index (Phi) is 9.83. The van der Waals surface area contributed by atoms with E-state index < -0.39 is 0 Å². The zero-order chi connectivity index (χ0) is 25.9. The molecule has 0 radical (unpaired) electrons. The van der Waals surface area contributed by atoms with Crippen LogP contribution in [0, 0.1) is 0 Å². The van der Waals surface area contributed by atoms with Gasteiger partial charge in [0.15, 0.2) is 0 Å². The van der Waals surface area contributed by atoms with Crippen LogP contribution in [-0.4, -0.2) is 50.0 Å². The zero-order valence-electron chi connectivity index (χ0n) is 21.8. The van der Waals surface area contributed by atoms with Gasteiger partial charge in [-0.3, -0.25) is 0 Å². The van der Waals surface area contributed by atoms with Crippen LogP contribution in [0.5, 0.6) is 11.5 Å². The monoisotopic (exact) mass is 503 g/mol. The number of carbonyl (C=O) groups excluding carboxylic acids is 1. The molecule has 0 N–H and O–H groups in total. The highest BCUT2D eigenvalue weighted by Crippen LogP contribution is 2.26. The Hall–Kier alpha value is -3.51.